The van der Waals surface area contributed by atoms with Crippen LogP contribution in [0.3, 0.4) is 0 Å². The van der Waals surface area contributed by atoms with Crippen molar-refractivity contribution in [3.05, 3.63) is 21.6 Å². The maximum atomic E-state index is 13.1. The first kappa shape index (κ1) is 17.5. The molecule has 0 unspecified atom stereocenters. The second-order valence-electron chi connectivity index (χ2n) is 6.60. The van der Waals surface area contributed by atoms with Crippen LogP contribution in [0, 0.1) is 5.92 Å². The molecule has 0 aromatic heterocycles. The molecule has 0 bridgehead atoms. The van der Waals surface area contributed by atoms with Gasteiger partial charge < -0.3 is 4.90 Å². The van der Waals surface area contributed by atoms with Gasteiger partial charge in [0.25, 0.3) is 0 Å². The van der Waals surface area contributed by atoms with E-state index < -0.39 is 10.0 Å². The number of rotatable bonds is 1. The van der Waals surface area contributed by atoms with Crippen LogP contribution in [0.1, 0.15) is 32.1 Å². The van der Waals surface area contributed by atoms with Crippen molar-refractivity contribution < 1.29 is 8.42 Å². The molecule has 1 aromatic carbocycles. The van der Waals surface area contributed by atoms with Gasteiger partial charge in [0.15, 0.2) is 0 Å². The second-order valence-corrected chi connectivity index (χ2v) is 9.83. The van der Waals surface area contributed by atoms with E-state index in [0.717, 1.165) is 12.8 Å². The largest absolute Gasteiger partial charge is 0.372 e. The predicted octanol–water partition coefficient (Wildman–Crippen LogP) is 4.12. The Kier molecular flexibility index (Phi) is 4.98. The van der Waals surface area contributed by atoms with E-state index in [2.05, 4.69) is 15.9 Å². The number of benzene rings is 1. The Morgan fingerprint density at radius 3 is 2.48 bits per heavy atom. The number of halogens is 2. The molecule has 0 amide bonds. The van der Waals surface area contributed by atoms with Crippen LogP contribution in [-0.2, 0) is 10.0 Å². The topological polar surface area (TPSA) is 40.6 Å². The molecule has 7 heteroatoms. The Morgan fingerprint density at radius 2 is 1.83 bits per heavy atom. The molecule has 4 nitrogen and oxygen atoms in total. The van der Waals surface area contributed by atoms with Crippen molar-refractivity contribution in [2.75, 3.05) is 25.5 Å². The maximum absolute atomic E-state index is 13.1. The fourth-order valence-electron chi connectivity index (χ4n) is 3.82. The van der Waals surface area contributed by atoms with E-state index in [0.29, 0.717) is 32.5 Å². The summed E-state index contributed by atoms with van der Waals surface area (Å²) in [7, 11) is 0.149. The van der Waals surface area contributed by atoms with Crippen LogP contribution in [0.15, 0.2) is 21.5 Å². The zero-order valence-electron chi connectivity index (χ0n) is 13.4. The Balaban J connectivity index is 2.07. The van der Waals surface area contributed by atoms with E-state index in [-0.39, 0.29) is 6.04 Å². The molecule has 23 heavy (non-hydrogen) atoms. The fraction of sp³-hybridized carbons (Fsp3) is 0.625. The highest BCUT2D eigenvalue weighted by Crippen LogP contribution is 2.40. The molecule has 0 saturated heterocycles. The highest BCUT2D eigenvalue weighted by molar-refractivity contribution is 9.10. The van der Waals surface area contributed by atoms with Crippen LogP contribution in [0.25, 0.3) is 0 Å². The van der Waals surface area contributed by atoms with Gasteiger partial charge in [-0.1, -0.05) is 30.9 Å². The minimum absolute atomic E-state index is 0.00949. The summed E-state index contributed by atoms with van der Waals surface area (Å²) in [5, 5.41) is 0.532. The molecule has 1 aliphatic heterocycles. The lowest BCUT2D eigenvalue weighted by Gasteiger charge is -2.36. The number of likely N-dealkylation sites (N-methyl/N-ethyl adjacent to an activating group) is 2. The molecule has 0 radical (unpaired) electrons. The van der Waals surface area contributed by atoms with Crippen molar-refractivity contribution in [1.82, 2.24) is 4.31 Å². The minimum Gasteiger partial charge on any atom is -0.372 e. The maximum Gasteiger partial charge on any atom is 0.245 e. The van der Waals surface area contributed by atoms with Crippen LogP contribution in [0.5, 0.6) is 0 Å². The molecule has 0 N–H and O–H groups in total. The molecule has 1 saturated carbocycles. The van der Waals surface area contributed by atoms with Crippen LogP contribution >= 0.6 is 27.5 Å². The summed E-state index contributed by atoms with van der Waals surface area (Å²) in [6.07, 6.45) is 5.88. The van der Waals surface area contributed by atoms with E-state index in [4.69, 9.17) is 11.6 Å². The van der Waals surface area contributed by atoms with Gasteiger partial charge in [-0.25, -0.2) is 8.42 Å². The van der Waals surface area contributed by atoms with Gasteiger partial charge in [0.2, 0.25) is 10.0 Å². The van der Waals surface area contributed by atoms with Gasteiger partial charge in [-0.05, 0) is 46.8 Å². The van der Waals surface area contributed by atoms with Gasteiger partial charge in [-0.3, -0.25) is 0 Å². The Hall–Kier alpha value is -0.300. The first-order valence-electron chi connectivity index (χ1n) is 8.00. The third kappa shape index (κ3) is 3.15. The highest BCUT2D eigenvalue weighted by Gasteiger charge is 2.39. The lowest BCUT2D eigenvalue weighted by Crippen LogP contribution is -2.46. The predicted molar refractivity (Wildman–Crippen MR) is 97.7 cm³/mol. The van der Waals surface area contributed by atoms with Crippen LogP contribution in [0.4, 0.5) is 5.69 Å². The van der Waals surface area contributed by atoms with Crippen LogP contribution < -0.4 is 4.90 Å². The van der Waals surface area contributed by atoms with Gasteiger partial charge in [0.05, 0.1) is 10.7 Å². The quantitative estimate of drug-likeness (QED) is 0.685. The summed E-state index contributed by atoms with van der Waals surface area (Å²) < 4.78 is 28.4. The molecular formula is C16H22BrClN2O2S. The highest BCUT2D eigenvalue weighted by atomic mass is 79.9. The van der Waals surface area contributed by atoms with Crippen molar-refractivity contribution in [1.29, 1.82) is 0 Å². The Labute approximate surface area is 152 Å². The molecule has 128 valence electrons. The summed E-state index contributed by atoms with van der Waals surface area (Å²) in [6.45, 7) is 0.700. The first-order chi connectivity index (χ1) is 10.8. The van der Waals surface area contributed by atoms with Gasteiger partial charge in [-0.15, -0.1) is 0 Å². The number of anilines is 1. The van der Waals surface area contributed by atoms with E-state index in [1.807, 2.05) is 11.9 Å². The Bertz CT molecular complexity index is 704. The smallest absolute Gasteiger partial charge is 0.245 e. The summed E-state index contributed by atoms with van der Waals surface area (Å²) in [5.74, 6) is 0.430. The summed E-state index contributed by atoms with van der Waals surface area (Å²) in [4.78, 5) is 2.37. The summed E-state index contributed by atoms with van der Waals surface area (Å²) >= 11 is 9.55. The number of hydrogen-bond acceptors (Lipinski definition) is 3. The monoisotopic (exact) mass is 420 g/mol. The number of nitrogens with zero attached hydrogens (tertiary/aromatic N) is 2. The zero-order valence-corrected chi connectivity index (χ0v) is 16.6. The average Bonchev–Trinajstić information content (AvgIpc) is 2.60. The van der Waals surface area contributed by atoms with Crippen molar-refractivity contribution in [3.63, 3.8) is 0 Å². The fourth-order valence-corrected chi connectivity index (χ4v) is 6.12. The minimum atomic E-state index is -3.52. The third-order valence-electron chi connectivity index (χ3n) is 5.19. The first-order valence-corrected chi connectivity index (χ1v) is 10.6. The molecule has 0 spiro atoms. The van der Waals surface area contributed by atoms with E-state index in [1.54, 1.807) is 23.5 Å². The van der Waals surface area contributed by atoms with Crippen molar-refractivity contribution in [3.8, 4) is 0 Å². The lowest BCUT2D eigenvalue weighted by atomic mass is 9.83. The lowest BCUT2D eigenvalue weighted by molar-refractivity contribution is 0.217. The SMILES string of the molecule is CN1C[C@@H](C2CCCCC2)N(C)S(=O)(=O)c2cc(Br)c(Cl)cc21. The number of sulfonamides is 1. The number of fused-ring (bicyclic) bond motifs is 1. The van der Waals surface area contributed by atoms with E-state index in [9.17, 15) is 8.42 Å². The third-order valence-corrected chi connectivity index (χ3v) is 8.30. The second kappa shape index (κ2) is 6.54. The molecular weight excluding hydrogens is 400 g/mol. The van der Waals surface area contributed by atoms with Crippen molar-refractivity contribution >= 4 is 43.2 Å². The van der Waals surface area contributed by atoms with Crippen LogP contribution in [-0.4, -0.2) is 39.4 Å². The summed E-state index contributed by atoms with van der Waals surface area (Å²) in [5.41, 5.74) is 0.684. The van der Waals surface area contributed by atoms with E-state index >= 15 is 0 Å². The van der Waals surface area contributed by atoms with Crippen molar-refractivity contribution in [2.45, 2.75) is 43.0 Å². The molecule has 3 rings (SSSR count). The molecule has 1 fully saturated rings. The van der Waals surface area contributed by atoms with Gasteiger partial charge in [0, 0.05) is 31.2 Å². The number of hydrogen-bond donors (Lipinski definition) is 0. The molecule has 2 aliphatic rings. The molecule has 1 atom stereocenters. The summed E-state index contributed by atoms with van der Waals surface area (Å²) in [6, 6.07) is 3.38. The molecule has 1 aromatic rings. The molecule has 1 aliphatic carbocycles. The van der Waals surface area contributed by atoms with Gasteiger partial charge in [0.1, 0.15) is 4.90 Å². The standard InChI is InChI=1S/C16H22BrClN2O2S/c1-19-10-15(11-6-4-3-5-7-11)20(2)23(21,22)16-8-12(17)13(18)9-14(16)19/h8-9,11,15H,3-7,10H2,1-2H3/t15-/m0/s1. The van der Waals surface area contributed by atoms with Gasteiger partial charge >= 0.3 is 0 Å². The normalized spacial score (nSPS) is 25.9. The zero-order chi connectivity index (χ0) is 16.8. The van der Waals surface area contributed by atoms with Gasteiger partial charge in [-0.2, -0.15) is 4.31 Å². The average molecular weight is 422 g/mol. The Morgan fingerprint density at radius 1 is 1.17 bits per heavy atom. The van der Waals surface area contributed by atoms with Crippen molar-refractivity contribution in [2.24, 2.45) is 5.92 Å². The molecule has 1 heterocycles. The van der Waals surface area contributed by atoms with E-state index in [1.165, 1.54) is 19.3 Å². The van der Waals surface area contributed by atoms with Crippen LogP contribution in [0.2, 0.25) is 5.02 Å².